The summed E-state index contributed by atoms with van der Waals surface area (Å²) in [7, 11) is 3.77. The van der Waals surface area contributed by atoms with Crippen molar-refractivity contribution in [3.63, 3.8) is 0 Å². The van der Waals surface area contributed by atoms with Crippen molar-refractivity contribution in [1.82, 2.24) is 15.1 Å². The van der Waals surface area contributed by atoms with Gasteiger partial charge in [0.05, 0.1) is 19.8 Å². The summed E-state index contributed by atoms with van der Waals surface area (Å²) >= 11 is 0. The first kappa shape index (κ1) is 23.8. The molecule has 172 valence electrons. The second-order valence-electron chi connectivity index (χ2n) is 8.17. The molecular formula is C26H35N3O3. The number of amides is 1. The van der Waals surface area contributed by atoms with Crippen molar-refractivity contribution >= 4 is 12.0 Å². The first-order valence-electron chi connectivity index (χ1n) is 11.3. The number of carbonyl (C=O) groups excluding carboxylic acids is 1. The number of hydrogen-bond donors (Lipinski definition) is 1. The van der Waals surface area contributed by atoms with Crippen molar-refractivity contribution in [2.24, 2.45) is 0 Å². The molecule has 2 aromatic rings. The van der Waals surface area contributed by atoms with Crippen LogP contribution in [0.3, 0.4) is 0 Å². The minimum Gasteiger partial charge on any atom is -0.493 e. The fourth-order valence-corrected chi connectivity index (χ4v) is 3.72. The lowest BCUT2D eigenvalue weighted by molar-refractivity contribution is -0.117. The van der Waals surface area contributed by atoms with Crippen LogP contribution >= 0.6 is 0 Å². The molecule has 3 rings (SSSR count). The van der Waals surface area contributed by atoms with E-state index in [1.807, 2.05) is 36.4 Å². The van der Waals surface area contributed by atoms with Crippen molar-refractivity contribution in [3.05, 3.63) is 65.7 Å². The zero-order valence-electron chi connectivity index (χ0n) is 19.4. The van der Waals surface area contributed by atoms with Gasteiger partial charge in [-0.25, -0.2) is 0 Å². The first-order valence-corrected chi connectivity index (χ1v) is 11.3. The average molecular weight is 438 g/mol. The van der Waals surface area contributed by atoms with E-state index in [4.69, 9.17) is 9.47 Å². The van der Waals surface area contributed by atoms with Gasteiger partial charge in [0.25, 0.3) is 0 Å². The Labute approximate surface area is 191 Å². The van der Waals surface area contributed by atoms with Crippen molar-refractivity contribution in [1.29, 1.82) is 0 Å². The van der Waals surface area contributed by atoms with Gasteiger partial charge < -0.3 is 19.7 Å². The van der Waals surface area contributed by atoms with E-state index >= 15 is 0 Å². The molecule has 1 aliphatic heterocycles. The smallest absolute Gasteiger partial charge is 0.244 e. The predicted octanol–water partition coefficient (Wildman–Crippen LogP) is 3.60. The zero-order valence-corrected chi connectivity index (χ0v) is 19.4. The Balaban J connectivity index is 1.66. The van der Waals surface area contributed by atoms with Gasteiger partial charge in [-0.05, 0) is 42.8 Å². The Bertz CT molecular complexity index is 877. The van der Waals surface area contributed by atoms with Crippen LogP contribution in [-0.4, -0.2) is 69.2 Å². The van der Waals surface area contributed by atoms with Crippen molar-refractivity contribution in [3.8, 4) is 11.5 Å². The number of piperazine rings is 1. The quantitative estimate of drug-likeness (QED) is 0.576. The second kappa shape index (κ2) is 12.3. The van der Waals surface area contributed by atoms with Gasteiger partial charge in [-0.2, -0.15) is 0 Å². The lowest BCUT2D eigenvalue weighted by Crippen LogP contribution is -2.47. The fourth-order valence-electron chi connectivity index (χ4n) is 3.72. The molecule has 0 saturated carbocycles. The van der Waals surface area contributed by atoms with Crippen LogP contribution in [0.4, 0.5) is 0 Å². The molecule has 0 aromatic heterocycles. The van der Waals surface area contributed by atoms with Crippen LogP contribution in [0.25, 0.3) is 6.08 Å². The highest BCUT2D eigenvalue weighted by Crippen LogP contribution is 2.28. The largest absolute Gasteiger partial charge is 0.493 e. The maximum Gasteiger partial charge on any atom is 0.244 e. The van der Waals surface area contributed by atoms with Crippen molar-refractivity contribution < 1.29 is 14.3 Å². The van der Waals surface area contributed by atoms with Crippen LogP contribution in [-0.2, 0) is 4.79 Å². The van der Waals surface area contributed by atoms with Crippen LogP contribution in [0, 0.1) is 0 Å². The van der Waals surface area contributed by atoms with E-state index in [0.29, 0.717) is 18.1 Å². The molecule has 6 nitrogen and oxygen atoms in total. The van der Waals surface area contributed by atoms with Gasteiger partial charge in [0.1, 0.15) is 0 Å². The van der Waals surface area contributed by atoms with E-state index in [-0.39, 0.29) is 11.9 Å². The molecule has 0 radical (unpaired) electrons. The molecule has 2 aromatic carbocycles. The number of rotatable bonds is 10. The van der Waals surface area contributed by atoms with E-state index in [1.54, 1.807) is 19.3 Å². The number of benzene rings is 2. The van der Waals surface area contributed by atoms with Crippen LogP contribution in [0.2, 0.25) is 0 Å². The SMILES string of the molecule is CCCOc1ccc(/C=C/C(=O)NC(CN2CCN(C)CC2)c2ccccc2)cc1OC. The molecule has 1 atom stereocenters. The molecule has 1 fully saturated rings. The maximum absolute atomic E-state index is 12.8. The van der Waals surface area contributed by atoms with Crippen molar-refractivity contribution in [2.45, 2.75) is 19.4 Å². The molecule has 1 amide bonds. The van der Waals surface area contributed by atoms with Gasteiger partial charge in [0.15, 0.2) is 11.5 Å². The molecule has 1 N–H and O–H groups in total. The Morgan fingerprint density at radius 3 is 2.53 bits per heavy atom. The second-order valence-corrected chi connectivity index (χ2v) is 8.17. The normalized spacial score (nSPS) is 16.1. The van der Waals surface area contributed by atoms with Crippen LogP contribution in [0.15, 0.2) is 54.6 Å². The summed E-state index contributed by atoms with van der Waals surface area (Å²) in [6.45, 7) is 7.63. The Morgan fingerprint density at radius 1 is 1.09 bits per heavy atom. The maximum atomic E-state index is 12.8. The summed E-state index contributed by atoms with van der Waals surface area (Å²) in [5.41, 5.74) is 2.00. The molecule has 0 bridgehead atoms. The van der Waals surface area contributed by atoms with E-state index < -0.39 is 0 Å². The molecule has 6 heteroatoms. The third kappa shape index (κ3) is 7.11. The minimum absolute atomic E-state index is 0.0592. The zero-order chi connectivity index (χ0) is 22.8. The van der Waals surface area contributed by atoms with E-state index in [1.165, 1.54) is 0 Å². The molecule has 32 heavy (non-hydrogen) atoms. The number of likely N-dealkylation sites (N-methyl/N-ethyl adjacent to an activating group) is 1. The van der Waals surface area contributed by atoms with Gasteiger partial charge in [-0.3, -0.25) is 9.69 Å². The highest BCUT2D eigenvalue weighted by atomic mass is 16.5. The van der Waals surface area contributed by atoms with E-state index in [0.717, 1.165) is 50.3 Å². The number of ether oxygens (including phenoxy) is 2. The summed E-state index contributed by atoms with van der Waals surface area (Å²) < 4.78 is 11.1. The highest BCUT2D eigenvalue weighted by molar-refractivity contribution is 5.92. The lowest BCUT2D eigenvalue weighted by Gasteiger charge is -2.34. The van der Waals surface area contributed by atoms with Crippen molar-refractivity contribution in [2.75, 3.05) is 53.5 Å². The molecule has 1 aliphatic rings. The van der Waals surface area contributed by atoms with Crippen LogP contribution < -0.4 is 14.8 Å². The summed E-state index contributed by atoms with van der Waals surface area (Å²) in [6.07, 6.45) is 4.32. The number of carbonyl (C=O) groups is 1. The van der Waals surface area contributed by atoms with Crippen LogP contribution in [0.5, 0.6) is 11.5 Å². The Hall–Kier alpha value is -2.83. The van der Waals surface area contributed by atoms with E-state index in [2.05, 4.69) is 41.2 Å². The van der Waals surface area contributed by atoms with Crippen LogP contribution in [0.1, 0.15) is 30.5 Å². The standard InChI is InChI=1S/C26H35N3O3/c1-4-18-32-24-12-10-21(19-25(24)31-3)11-13-26(30)27-23(22-8-6-5-7-9-22)20-29-16-14-28(2)15-17-29/h5-13,19,23H,4,14-18,20H2,1-3H3,(H,27,30)/b13-11+. The minimum atomic E-state index is -0.113. The topological polar surface area (TPSA) is 54.0 Å². The highest BCUT2D eigenvalue weighted by Gasteiger charge is 2.20. The average Bonchev–Trinajstić information content (AvgIpc) is 2.83. The van der Waals surface area contributed by atoms with E-state index in [9.17, 15) is 4.79 Å². The van der Waals surface area contributed by atoms with Gasteiger partial charge in [0.2, 0.25) is 5.91 Å². The third-order valence-electron chi connectivity index (χ3n) is 5.63. The third-order valence-corrected chi connectivity index (χ3v) is 5.63. The number of nitrogens with one attached hydrogen (secondary N) is 1. The van der Waals surface area contributed by atoms with Gasteiger partial charge in [-0.15, -0.1) is 0 Å². The molecule has 1 saturated heterocycles. The monoisotopic (exact) mass is 437 g/mol. The Kier molecular flexibility index (Phi) is 9.13. The number of nitrogens with zero attached hydrogens (tertiary/aromatic N) is 2. The fraction of sp³-hybridized carbons (Fsp3) is 0.423. The molecule has 1 heterocycles. The first-order chi connectivity index (χ1) is 15.6. The summed E-state index contributed by atoms with van der Waals surface area (Å²) in [6, 6.07) is 15.8. The summed E-state index contributed by atoms with van der Waals surface area (Å²) in [4.78, 5) is 17.5. The molecule has 0 aliphatic carbocycles. The molecular weight excluding hydrogens is 402 g/mol. The van der Waals surface area contributed by atoms with Gasteiger partial charge in [-0.1, -0.05) is 43.3 Å². The van der Waals surface area contributed by atoms with Gasteiger partial charge in [0, 0.05) is 38.8 Å². The predicted molar refractivity (Wildman–Crippen MR) is 129 cm³/mol. The lowest BCUT2D eigenvalue weighted by atomic mass is 10.1. The number of hydrogen-bond acceptors (Lipinski definition) is 5. The Morgan fingerprint density at radius 2 is 1.84 bits per heavy atom. The van der Waals surface area contributed by atoms with Gasteiger partial charge >= 0.3 is 0 Å². The number of methoxy groups -OCH3 is 1. The molecule has 0 spiro atoms. The summed E-state index contributed by atoms with van der Waals surface area (Å²) in [5.74, 6) is 1.27. The molecule has 1 unspecified atom stereocenters. The summed E-state index contributed by atoms with van der Waals surface area (Å²) in [5, 5.41) is 3.19.